The van der Waals surface area contributed by atoms with Crippen LogP contribution in [0.15, 0.2) is 4.99 Å². The van der Waals surface area contributed by atoms with Crippen LogP contribution in [0.3, 0.4) is 0 Å². The number of rotatable bonds is 12. The number of nitrogens with two attached hydrogens (primary N) is 3. The number of aldehydes is 1. The fourth-order valence-electron chi connectivity index (χ4n) is 2.14. The van der Waals surface area contributed by atoms with Gasteiger partial charge in [-0.25, -0.2) is 0 Å². The number of aliphatic hydroxyl groups excluding tert-OH is 1. The van der Waals surface area contributed by atoms with Gasteiger partial charge in [-0.2, -0.15) is 0 Å². The summed E-state index contributed by atoms with van der Waals surface area (Å²) in [5.74, 6) is -1.23. The Labute approximate surface area is 154 Å². The molecule has 2 amide bonds. The Kier molecular flexibility index (Phi) is 11.2. The van der Waals surface area contributed by atoms with E-state index in [0.29, 0.717) is 32.1 Å². The molecular formula is C16H32N6O4. The van der Waals surface area contributed by atoms with Gasteiger partial charge in [0.15, 0.2) is 5.96 Å². The van der Waals surface area contributed by atoms with Crippen molar-refractivity contribution in [3.63, 3.8) is 0 Å². The minimum Gasteiger partial charge on any atom is -0.391 e. The van der Waals surface area contributed by atoms with E-state index in [1.807, 2.05) is 6.92 Å². The molecule has 0 aliphatic carbocycles. The summed E-state index contributed by atoms with van der Waals surface area (Å²) in [6.07, 6.45) is 0.901. The molecule has 9 N–H and O–H groups in total. The second-order valence-corrected chi connectivity index (χ2v) is 6.34. The normalized spacial score (nSPS) is 16.5. The van der Waals surface area contributed by atoms with Crippen LogP contribution < -0.4 is 27.8 Å². The van der Waals surface area contributed by atoms with Gasteiger partial charge in [0.25, 0.3) is 0 Å². The molecule has 10 heteroatoms. The van der Waals surface area contributed by atoms with Crippen molar-refractivity contribution in [2.45, 2.75) is 64.3 Å². The lowest BCUT2D eigenvalue weighted by Crippen LogP contribution is -2.57. The lowest BCUT2D eigenvalue weighted by Gasteiger charge is -2.27. The fraction of sp³-hybridized carbons (Fsp3) is 0.750. The fourth-order valence-corrected chi connectivity index (χ4v) is 2.14. The first-order valence-electron chi connectivity index (χ1n) is 8.69. The van der Waals surface area contributed by atoms with E-state index >= 15 is 0 Å². The highest BCUT2D eigenvalue weighted by Gasteiger charge is 2.30. The maximum atomic E-state index is 12.4. The maximum absolute atomic E-state index is 12.4. The van der Waals surface area contributed by atoms with Gasteiger partial charge in [0.1, 0.15) is 18.4 Å². The number of nitrogens with one attached hydrogen (secondary N) is 2. The van der Waals surface area contributed by atoms with Gasteiger partial charge in [-0.1, -0.05) is 20.3 Å². The van der Waals surface area contributed by atoms with E-state index in [0.717, 1.165) is 0 Å². The number of guanidine groups is 1. The van der Waals surface area contributed by atoms with E-state index in [2.05, 4.69) is 15.6 Å². The highest BCUT2D eigenvalue weighted by molar-refractivity contribution is 5.91. The molecule has 0 spiro atoms. The zero-order chi connectivity index (χ0) is 20.3. The number of nitrogens with zero attached hydrogens (tertiary/aromatic N) is 1. The highest BCUT2D eigenvalue weighted by Crippen LogP contribution is 2.09. The average Bonchev–Trinajstić information content (AvgIpc) is 2.59. The zero-order valence-corrected chi connectivity index (χ0v) is 15.6. The average molecular weight is 372 g/mol. The smallest absolute Gasteiger partial charge is 0.243 e. The van der Waals surface area contributed by atoms with Crippen LogP contribution in [-0.4, -0.2) is 59.9 Å². The van der Waals surface area contributed by atoms with E-state index < -0.39 is 36.0 Å². The van der Waals surface area contributed by atoms with Crippen molar-refractivity contribution < 1.29 is 19.5 Å². The van der Waals surface area contributed by atoms with Crippen molar-refractivity contribution in [3.05, 3.63) is 0 Å². The van der Waals surface area contributed by atoms with Gasteiger partial charge in [0.05, 0.1) is 12.1 Å². The van der Waals surface area contributed by atoms with Crippen LogP contribution in [0, 0.1) is 5.92 Å². The van der Waals surface area contributed by atoms with Gasteiger partial charge >= 0.3 is 0 Å². The Morgan fingerprint density at radius 3 is 2.27 bits per heavy atom. The van der Waals surface area contributed by atoms with Crippen molar-refractivity contribution in [2.24, 2.45) is 28.1 Å². The SMILES string of the molecule is CC[C@H](C)[C@H](NC(=O)[C@H](N)CCCN=C(N)N)C(=O)N[C@H](C=O)[C@H](C)O. The van der Waals surface area contributed by atoms with Gasteiger partial charge in [-0.15, -0.1) is 0 Å². The summed E-state index contributed by atoms with van der Waals surface area (Å²) < 4.78 is 0. The van der Waals surface area contributed by atoms with Crippen molar-refractivity contribution in [1.82, 2.24) is 10.6 Å². The first-order valence-corrected chi connectivity index (χ1v) is 8.69. The van der Waals surface area contributed by atoms with Crippen molar-refractivity contribution in [2.75, 3.05) is 6.54 Å². The molecule has 0 saturated heterocycles. The summed E-state index contributed by atoms with van der Waals surface area (Å²) in [5.41, 5.74) is 16.3. The number of hydrogen-bond donors (Lipinski definition) is 6. The van der Waals surface area contributed by atoms with Gasteiger partial charge in [0, 0.05) is 6.54 Å². The third-order valence-electron chi connectivity index (χ3n) is 4.07. The monoisotopic (exact) mass is 372 g/mol. The molecule has 0 rings (SSSR count). The van der Waals surface area contributed by atoms with Gasteiger partial charge in [-0.05, 0) is 25.7 Å². The number of carbonyl (C=O) groups is 3. The highest BCUT2D eigenvalue weighted by atomic mass is 16.3. The van der Waals surface area contributed by atoms with Crippen LogP contribution in [-0.2, 0) is 14.4 Å². The summed E-state index contributed by atoms with van der Waals surface area (Å²) in [5, 5.41) is 14.5. The summed E-state index contributed by atoms with van der Waals surface area (Å²) in [6.45, 7) is 5.42. The van der Waals surface area contributed by atoms with Crippen LogP contribution in [0.4, 0.5) is 0 Å². The zero-order valence-electron chi connectivity index (χ0n) is 15.6. The minimum absolute atomic E-state index is 0.0284. The lowest BCUT2D eigenvalue weighted by molar-refractivity contribution is -0.132. The minimum atomic E-state index is -1.04. The number of amides is 2. The largest absolute Gasteiger partial charge is 0.391 e. The van der Waals surface area contributed by atoms with Crippen LogP contribution in [0.2, 0.25) is 0 Å². The van der Waals surface area contributed by atoms with Gasteiger partial charge in [-0.3, -0.25) is 14.6 Å². The Morgan fingerprint density at radius 2 is 1.81 bits per heavy atom. The predicted molar refractivity (Wildman–Crippen MR) is 98.9 cm³/mol. The van der Waals surface area contributed by atoms with Crippen LogP contribution >= 0.6 is 0 Å². The Hall–Kier alpha value is -2.20. The number of aliphatic imine (C=N–C) groups is 1. The number of aliphatic hydroxyl groups is 1. The first-order chi connectivity index (χ1) is 12.1. The molecule has 5 atom stereocenters. The van der Waals surface area contributed by atoms with E-state index in [-0.39, 0.29) is 11.9 Å². The van der Waals surface area contributed by atoms with Crippen molar-refractivity contribution >= 4 is 24.1 Å². The summed E-state index contributed by atoms with van der Waals surface area (Å²) in [6, 6.07) is -2.72. The second kappa shape index (κ2) is 12.2. The summed E-state index contributed by atoms with van der Waals surface area (Å²) in [7, 11) is 0. The maximum Gasteiger partial charge on any atom is 0.243 e. The lowest BCUT2D eigenvalue weighted by atomic mass is 9.97. The van der Waals surface area contributed by atoms with E-state index in [1.165, 1.54) is 6.92 Å². The topological polar surface area (TPSA) is 186 Å². The van der Waals surface area contributed by atoms with Crippen LogP contribution in [0.1, 0.15) is 40.0 Å². The molecule has 0 radical (unpaired) electrons. The van der Waals surface area contributed by atoms with Crippen molar-refractivity contribution in [3.8, 4) is 0 Å². The molecule has 0 aliphatic heterocycles. The Balaban J connectivity index is 4.83. The molecule has 0 saturated carbocycles. The first kappa shape index (κ1) is 23.8. The van der Waals surface area contributed by atoms with Crippen LogP contribution in [0.5, 0.6) is 0 Å². The van der Waals surface area contributed by atoms with E-state index in [9.17, 15) is 19.5 Å². The third kappa shape index (κ3) is 8.77. The molecule has 0 bridgehead atoms. The van der Waals surface area contributed by atoms with E-state index in [1.54, 1.807) is 6.92 Å². The quantitative estimate of drug-likeness (QED) is 0.0985. The molecular weight excluding hydrogens is 340 g/mol. The standard InChI is InChI=1S/C16H32N6O4/c1-4-9(2)13(15(26)21-12(8-23)10(3)24)22-14(25)11(17)6-5-7-20-16(18)19/h8-13,24H,4-7,17H2,1-3H3,(H,21,26)(H,22,25)(H4,18,19,20)/t9-,10-,11+,12+,13-/m0/s1. The molecule has 0 aliphatic rings. The molecule has 0 unspecified atom stereocenters. The molecule has 26 heavy (non-hydrogen) atoms. The second-order valence-electron chi connectivity index (χ2n) is 6.34. The summed E-state index contributed by atoms with van der Waals surface area (Å²) in [4.78, 5) is 39.5. The number of carbonyl (C=O) groups excluding carboxylic acids is 3. The van der Waals surface area contributed by atoms with Crippen LogP contribution in [0.25, 0.3) is 0 Å². The molecule has 0 fully saturated rings. The number of hydrogen-bond acceptors (Lipinski definition) is 6. The Bertz CT molecular complexity index is 493. The van der Waals surface area contributed by atoms with Crippen molar-refractivity contribution in [1.29, 1.82) is 0 Å². The Morgan fingerprint density at radius 1 is 1.19 bits per heavy atom. The molecule has 0 aromatic rings. The molecule has 10 nitrogen and oxygen atoms in total. The van der Waals surface area contributed by atoms with Gasteiger partial charge in [0.2, 0.25) is 11.8 Å². The summed E-state index contributed by atoms with van der Waals surface area (Å²) >= 11 is 0. The third-order valence-corrected chi connectivity index (χ3v) is 4.07. The molecule has 0 heterocycles. The van der Waals surface area contributed by atoms with E-state index in [4.69, 9.17) is 17.2 Å². The molecule has 0 aromatic carbocycles. The van der Waals surface area contributed by atoms with Gasteiger partial charge < -0.3 is 37.7 Å². The molecule has 0 aromatic heterocycles. The predicted octanol–water partition coefficient (Wildman–Crippen LogP) is -2.04. The molecule has 150 valence electrons.